The Kier molecular flexibility index (Phi) is 10.6. The topological polar surface area (TPSA) is 148 Å². The van der Waals surface area contributed by atoms with E-state index < -0.39 is 24.3 Å². The van der Waals surface area contributed by atoms with Gasteiger partial charge >= 0.3 is 18.3 Å². The van der Waals surface area contributed by atoms with Gasteiger partial charge in [-0.2, -0.15) is 26.3 Å². The van der Waals surface area contributed by atoms with Gasteiger partial charge in [-0.1, -0.05) is 18.9 Å². The zero-order valence-corrected chi connectivity index (χ0v) is 20.6. The molecule has 0 atom stereocenters. The molecule has 3 aromatic heterocycles. The second kappa shape index (κ2) is 13.2. The summed E-state index contributed by atoms with van der Waals surface area (Å²) in [6.07, 6.45) is 3.05. The number of hydrogen-bond donors (Lipinski definition) is 3. The molecule has 0 saturated heterocycles. The average Bonchev–Trinajstić information content (AvgIpc) is 3.54. The van der Waals surface area contributed by atoms with Gasteiger partial charge in [-0.3, -0.25) is 9.78 Å². The quantitative estimate of drug-likeness (QED) is 0.309. The number of carbonyl (C=O) groups excluding carboxylic acids is 2. The summed E-state index contributed by atoms with van der Waals surface area (Å²) < 4.78 is 67.2. The van der Waals surface area contributed by atoms with Crippen LogP contribution in [0.2, 0.25) is 0 Å². The smallest absolute Gasteiger partial charge is 0.490 e. The number of nitrogens with one attached hydrogen (secondary N) is 1. The maximum atomic E-state index is 12.8. The van der Waals surface area contributed by atoms with E-state index in [-0.39, 0.29) is 17.9 Å². The molecule has 3 heterocycles. The van der Waals surface area contributed by atoms with Crippen LogP contribution < -0.4 is 15.0 Å². The van der Waals surface area contributed by atoms with Crippen LogP contribution in [-0.2, 0) is 9.59 Å². The molecular weight excluding hydrogens is 554 g/mol. The van der Waals surface area contributed by atoms with Gasteiger partial charge in [-0.25, -0.2) is 13.8 Å². The zero-order valence-electron chi connectivity index (χ0n) is 20.6. The van der Waals surface area contributed by atoms with Gasteiger partial charge in [-0.05, 0) is 25.0 Å². The third kappa shape index (κ3) is 8.93. The van der Waals surface area contributed by atoms with Crippen molar-refractivity contribution in [1.29, 1.82) is 0 Å². The summed E-state index contributed by atoms with van der Waals surface area (Å²) in [4.78, 5) is 34.6. The molecule has 3 N–H and O–H groups in total. The van der Waals surface area contributed by atoms with Crippen molar-refractivity contribution in [3.8, 4) is 5.69 Å². The van der Waals surface area contributed by atoms with E-state index in [0.29, 0.717) is 12.1 Å². The molecule has 0 aromatic carbocycles. The normalized spacial score (nSPS) is 14.4. The number of pyridine rings is 2. The van der Waals surface area contributed by atoms with Crippen molar-refractivity contribution in [3.05, 3.63) is 60.9 Å². The van der Waals surface area contributed by atoms with Crippen LogP contribution in [0.4, 0.5) is 26.3 Å². The number of rotatable bonds is 5. The summed E-state index contributed by atoms with van der Waals surface area (Å²) in [5.74, 6) is -5.92. The zero-order chi connectivity index (χ0) is 30.1. The number of imidazole rings is 1. The Bertz CT molecular complexity index is 1260. The molecule has 4 rings (SSSR count). The number of hydrogen-bond acceptors (Lipinski definition) is 6. The lowest BCUT2D eigenvalue weighted by Crippen LogP contribution is -2.40. The first-order valence-electron chi connectivity index (χ1n) is 11.5. The van der Waals surface area contributed by atoms with Gasteiger partial charge in [-0.15, -0.1) is 0 Å². The van der Waals surface area contributed by atoms with Gasteiger partial charge in [0.05, 0.1) is 12.8 Å². The number of aromatic nitrogens is 3. The third-order valence-corrected chi connectivity index (χ3v) is 5.86. The summed E-state index contributed by atoms with van der Waals surface area (Å²) in [7, 11) is 0. The maximum absolute atomic E-state index is 12.8. The van der Waals surface area contributed by atoms with E-state index in [4.69, 9.17) is 19.8 Å². The highest BCUT2D eigenvalue weighted by molar-refractivity contribution is 5.96. The first kappa shape index (κ1) is 32.0. The van der Waals surface area contributed by atoms with E-state index in [1.165, 1.54) is 0 Å². The molecule has 40 heavy (non-hydrogen) atoms. The van der Waals surface area contributed by atoms with E-state index in [9.17, 15) is 36.2 Å². The third-order valence-electron chi connectivity index (χ3n) is 5.86. The van der Waals surface area contributed by atoms with Crippen LogP contribution in [0.3, 0.4) is 0 Å². The van der Waals surface area contributed by atoms with E-state index in [2.05, 4.69) is 10.3 Å². The fourth-order valence-electron chi connectivity index (χ4n) is 3.79. The van der Waals surface area contributed by atoms with Crippen LogP contribution in [0, 0.1) is 5.41 Å². The van der Waals surface area contributed by atoms with Crippen molar-refractivity contribution >= 4 is 23.4 Å². The Morgan fingerprint density at radius 3 is 2.17 bits per heavy atom. The minimum absolute atomic E-state index is 0.118. The SMILES string of the molecule is O=C(NCC1(CO)CCCC1)c1cnccc1-[n+]1cc2ccccn2c1.O=C(O)C(F)(F)F.O=C([O-])C(F)(F)F. The van der Waals surface area contributed by atoms with E-state index in [1.807, 2.05) is 52.0 Å². The van der Waals surface area contributed by atoms with Crippen LogP contribution in [0.15, 0.2) is 55.4 Å². The van der Waals surface area contributed by atoms with Crippen molar-refractivity contribution in [2.45, 2.75) is 38.0 Å². The summed E-state index contributed by atoms with van der Waals surface area (Å²) in [5, 5.41) is 28.7. The van der Waals surface area contributed by atoms with Crippen molar-refractivity contribution < 1.29 is 60.6 Å². The molecule has 218 valence electrons. The predicted molar refractivity (Wildman–Crippen MR) is 122 cm³/mol. The fraction of sp³-hybridized carbons (Fsp3) is 0.375. The molecule has 0 aliphatic heterocycles. The molecule has 1 amide bonds. The van der Waals surface area contributed by atoms with E-state index in [1.54, 1.807) is 12.4 Å². The number of fused-ring (bicyclic) bond motifs is 1. The number of aliphatic hydroxyl groups excluding tert-OH is 1. The largest absolute Gasteiger partial charge is 0.542 e. The summed E-state index contributed by atoms with van der Waals surface area (Å²) in [6, 6.07) is 7.80. The maximum Gasteiger partial charge on any atom is 0.490 e. The number of halogens is 6. The Morgan fingerprint density at radius 2 is 1.68 bits per heavy atom. The minimum atomic E-state index is -5.19. The molecule has 0 bridgehead atoms. The molecule has 1 fully saturated rings. The first-order chi connectivity index (χ1) is 18.6. The lowest BCUT2D eigenvalue weighted by atomic mass is 9.87. The van der Waals surface area contributed by atoms with Gasteiger partial charge in [0.25, 0.3) is 12.2 Å². The second-order valence-electron chi connectivity index (χ2n) is 8.71. The number of aliphatic carboxylic acids is 2. The van der Waals surface area contributed by atoms with Crippen molar-refractivity contribution in [3.63, 3.8) is 0 Å². The molecule has 10 nitrogen and oxygen atoms in total. The van der Waals surface area contributed by atoms with Crippen molar-refractivity contribution in [2.24, 2.45) is 5.41 Å². The second-order valence-corrected chi connectivity index (χ2v) is 8.71. The molecule has 0 spiro atoms. The number of carbonyl (C=O) groups is 3. The first-order valence-corrected chi connectivity index (χ1v) is 11.5. The molecule has 1 aliphatic carbocycles. The lowest BCUT2D eigenvalue weighted by molar-refractivity contribution is -0.594. The summed E-state index contributed by atoms with van der Waals surface area (Å²) in [6.45, 7) is 0.617. The molecular formula is C24H24F6N4O6. The van der Waals surface area contributed by atoms with Crippen LogP contribution in [0.1, 0.15) is 36.0 Å². The van der Waals surface area contributed by atoms with Crippen LogP contribution in [-0.4, -0.2) is 62.9 Å². The van der Waals surface area contributed by atoms with E-state index in [0.717, 1.165) is 36.9 Å². The van der Waals surface area contributed by atoms with Crippen molar-refractivity contribution in [2.75, 3.05) is 13.2 Å². The number of carboxylic acid groups (broad SMARTS) is 2. The Morgan fingerprint density at radius 1 is 1.07 bits per heavy atom. The van der Waals surface area contributed by atoms with Crippen LogP contribution in [0.25, 0.3) is 11.2 Å². The highest BCUT2D eigenvalue weighted by Gasteiger charge is 2.38. The number of carboxylic acids is 2. The summed E-state index contributed by atoms with van der Waals surface area (Å²) in [5.41, 5.74) is 2.18. The molecule has 1 aliphatic rings. The highest BCUT2D eigenvalue weighted by atomic mass is 19.4. The van der Waals surface area contributed by atoms with E-state index >= 15 is 0 Å². The molecule has 3 aromatic rings. The number of amides is 1. The monoisotopic (exact) mass is 578 g/mol. The van der Waals surface area contributed by atoms with Crippen LogP contribution in [0.5, 0.6) is 0 Å². The highest BCUT2D eigenvalue weighted by Crippen LogP contribution is 2.37. The Labute approximate surface area is 222 Å². The molecule has 1 saturated carbocycles. The van der Waals surface area contributed by atoms with Crippen LogP contribution >= 0.6 is 0 Å². The van der Waals surface area contributed by atoms with Gasteiger partial charge < -0.3 is 25.4 Å². The number of aliphatic hydroxyl groups is 1. The Hall–Kier alpha value is -4.21. The number of alkyl halides is 6. The fourth-order valence-corrected chi connectivity index (χ4v) is 3.79. The van der Waals surface area contributed by atoms with Gasteiger partial charge in [0, 0.05) is 30.4 Å². The van der Waals surface area contributed by atoms with Gasteiger partial charge in [0.2, 0.25) is 0 Å². The predicted octanol–water partition coefficient (Wildman–Crippen LogP) is 1.83. The molecule has 0 radical (unpaired) electrons. The van der Waals surface area contributed by atoms with Crippen molar-refractivity contribution in [1.82, 2.24) is 14.7 Å². The number of nitrogens with zero attached hydrogens (tertiary/aromatic N) is 3. The molecule has 0 unspecified atom stereocenters. The average molecular weight is 578 g/mol. The standard InChI is InChI=1S/C20H22N4O2.2C2HF3O2/c25-14-20(7-2-3-8-20)13-22-19(26)17-11-21-9-6-18(17)24-12-16-5-1-4-10-23(16)15-24;2*3-2(4,5)1(6)7/h1,4-6,9-12,15,25H,2-3,7-8,13-14H2;2*(H,6,7). The summed E-state index contributed by atoms with van der Waals surface area (Å²) >= 11 is 0. The lowest BCUT2D eigenvalue weighted by Gasteiger charge is -2.26. The van der Waals surface area contributed by atoms with Gasteiger partial charge in [0.1, 0.15) is 23.4 Å². The minimum Gasteiger partial charge on any atom is -0.542 e. The Balaban J connectivity index is 0.000000333. The molecule has 16 heteroatoms. The van der Waals surface area contributed by atoms with Gasteiger partial charge in [0.15, 0.2) is 5.52 Å².